The van der Waals surface area contributed by atoms with Crippen LogP contribution in [0, 0.1) is 0 Å². The van der Waals surface area contributed by atoms with Gasteiger partial charge in [0.05, 0.1) is 18.5 Å². The summed E-state index contributed by atoms with van der Waals surface area (Å²) in [6.45, 7) is 3.47. The van der Waals surface area contributed by atoms with Crippen molar-refractivity contribution >= 4 is 0 Å². The average Bonchev–Trinajstić information content (AvgIpc) is 1.95. The van der Waals surface area contributed by atoms with Gasteiger partial charge in [0.15, 0.2) is 0 Å². The number of hydrogen-bond donors (Lipinski definition) is 0. The molecule has 0 amide bonds. The van der Waals surface area contributed by atoms with Crippen molar-refractivity contribution in [2.24, 2.45) is 0 Å². The highest BCUT2D eigenvalue weighted by molar-refractivity contribution is 4.72. The molecule has 10 heavy (non-hydrogen) atoms. The molecular weight excluding hydrogens is 128 g/mol. The average molecular weight is 141 g/mol. The van der Waals surface area contributed by atoms with Gasteiger partial charge in [-0.05, 0) is 25.7 Å². The largest absolute Gasteiger partial charge is 0.499 e. The maximum absolute atomic E-state index is 10.8. The van der Waals surface area contributed by atoms with Crippen LogP contribution in [0.3, 0.4) is 0 Å². The maximum atomic E-state index is 10.8. The predicted molar refractivity (Wildman–Crippen MR) is 38.0 cm³/mol. The van der Waals surface area contributed by atoms with Crippen LogP contribution in [-0.4, -0.2) is 12.2 Å². The molecule has 1 aliphatic carbocycles. The van der Waals surface area contributed by atoms with E-state index in [1.54, 1.807) is 0 Å². The van der Waals surface area contributed by atoms with Crippen molar-refractivity contribution < 1.29 is 9.84 Å². The second kappa shape index (κ2) is 3.62. The fourth-order valence-electron chi connectivity index (χ4n) is 1.30. The van der Waals surface area contributed by atoms with E-state index in [0.717, 1.165) is 25.7 Å². The van der Waals surface area contributed by atoms with Gasteiger partial charge in [0.25, 0.3) is 0 Å². The highest BCUT2D eigenvalue weighted by Gasteiger charge is 2.20. The van der Waals surface area contributed by atoms with Gasteiger partial charge in [-0.1, -0.05) is 6.58 Å². The Kier molecular flexibility index (Phi) is 2.75. The van der Waals surface area contributed by atoms with E-state index in [0.29, 0.717) is 0 Å². The van der Waals surface area contributed by atoms with E-state index in [1.807, 2.05) is 0 Å². The van der Waals surface area contributed by atoms with Gasteiger partial charge in [0, 0.05) is 0 Å². The third-order valence-corrected chi connectivity index (χ3v) is 1.91. The van der Waals surface area contributed by atoms with Crippen molar-refractivity contribution in [2.45, 2.75) is 37.9 Å². The van der Waals surface area contributed by atoms with Crippen molar-refractivity contribution in [3.63, 3.8) is 0 Å². The second-order valence-electron chi connectivity index (χ2n) is 2.70. The van der Waals surface area contributed by atoms with Gasteiger partial charge < -0.3 is 4.74 Å². The molecule has 0 aromatic carbocycles. The van der Waals surface area contributed by atoms with Gasteiger partial charge in [-0.3, -0.25) is 0 Å². The van der Waals surface area contributed by atoms with E-state index in [-0.39, 0.29) is 12.2 Å². The first-order chi connectivity index (χ1) is 4.83. The fraction of sp³-hybridized carbons (Fsp3) is 0.750. The van der Waals surface area contributed by atoms with Gasteiger partial charge in [-0.2, -0.15) is 0 Å². The summed E-state index contributed by atoms with van der Waals surface area (Å²) in [5, 5.41) is 10.8. The zero-order valence-corrected chi connectivity index (χ0v) is 6.08. The van der Waals surface area contributed by atoms with Crippen LogP contribution < -0.4 is 0 Å². The lowest BCUT2D eigenvalue weighted by Gasteiger charge is -2.23. The molecule has 0 heterocycles. The first-order valence-electron chi connectivity index (χ1n) is 3.75. The molecule has 0 N–H and O–H groups in total. The standard InChI is InChI=1S/C8H13O2/c1-2-10-8-5-3-7(9)4-6-8/h2,7-8H,1,3-6H2. The second-order valence-corrected chi connectivity index (χ2v) is 2.70. The van der Waals surface area contributed by atoms with Crippen molar-refractivity contribution in [1.29, 1.82) is 0 Å². The maximum Gasteiger partial charge on any atom is 0.0980 e. The summed E-state index contributed by atoms with van der Waals surface area (Å²) >= 11 is 0. The van der Waals surface area contributed by atoms with Crippen molar-refractivity contribution in [2.75, 3.05) is 0 Å². The van der Waals surface area contributed by atoms with Crippen LogP contribution in [0.15, 0.2) is 12.8 Å². The molecule has 2 nitrogen and oxygen atoms in total. The Balaban J connectivity index is 2.19. The summed E-state index contributed by atoms with van der Waals surface area (Å²) in [4.78, 5) is 0. The molecule has 0 saturated heterocycles. The van der Waals surface area contributed by atoms with Crippen LogP contribution >= 0.6 is 0 Å². The van der Waals surface area contributed by atoms with Crippen LogP contribution in [0.5, 0.6) is 0 Å². The fourth-order valence-corrected chi connectivity index (χ4v) is 1.30. The van der Waals surface area contributed by atoms with Gasteiger partial charge in [0.1, 0.15) is 0 Å². The van der Waals surface area contributed by atoms with E-state index in [2.05, 4.69) is 6.58 Å². The Morgan fingerprint density at radius 2 is 1.90 bits per heavy atom. The minimum Gasteiger partial charge on any atom is -0.499 e. The van der Waals surface area contributed by atoms with E-state index in [9.17, 15) is 5.11 Å². The summed E-state index contributed by atoms with van der Waals surface area (Å²) in [6.07, 6.45) is 4.72. The molecule has 2 heteroatoms. The summed E-state index contributed by atoms with van der Waals surface area (Å²) in [6, 6.07) is 0. The Morgan fingerprint density at radius 1 is 1.30 bits per heavy atom. The monoisotopic (exact) mass is 141 g/mol. The lowest BCUT2D eigenvalue weighted by atomic mass is 9.95. The molecule has 0 spiro atoms. The Bertz CT molecular complexity index is 104. The SMILES string of the molecule is C=COC1CCC([O])CC1. The first kappa shape index (κ1) is 7.61. The third-order valence-electron chi connectivity index (χ3n) is 1.91. The molecule has 57 valence electrons. The highest BCUT2D eigenvalue weighted by Crippen LogP contribution is 2.21. The summed E-state index contributed by atoms with van der Waals surface area (Å²) in [5.41, 5.74) is 0. The lowest BCUT2D eigenvalue weighted by Crippen LogP contribution is -2.21. The van der Waals surface area contributed by atoms with Crippen LogP contribution in [0.2, 0.25) is 0 Å². The lowest BCUT2D eigenvalue weighted by molar-refractivity contribution is 0.00755. The van der Waals surface area contributed by atoms with E-state index >= 15 is 0 Å². The zero-order valence-electron chi connectivity index (χ0n) is 6.08. The molecule has 1 saturated carbocycles. The summed E-state index contributed by atoms with van der Waals surface area (Å²) in [5.74, 6) is 0. The van der Waals surface area contributed by atoms with Crippen molar-refractivity contribution in [3.8, 4) is 0 Å². The molecule has 1 rings (SSSR count). The molecule has 0 unspecified atom stereocenters. The summed E-state index contributed by atoms with van der Waals surface area (Å²) < 4.78 is 5.16. The third kappa shape index (κ3) is 2.03. The van der Waals surface area contributed by atoms with Crippen LogP contribution in [0.25, 0.3) is 0 Å². The molecular formula is C8H13O2. The minimum atomic E-state index is -0.343. The number of ether oxygens (including phenoxy) is 1. The Hall–Kier alpha value is -0.500. The quantitative estimate of drug-likeness (QED) is 0.540. The molecule has 0 aromatic heterocycles. The zero-order chi connectivity index (χ0) is 7.40. The van der Waals surface area contributed by atoms with E-state index in [1.165, 1.54) is 6.26 Å². The Morgan fingerprint density at radius 3 is 2.40 bits per heavy atom. The highest BCUT2D eigenvalue weighted by atomic mass is 16.5. The van der Waals surface area contributed by atoms with Crippen molar-refractivity contribution in [3.05, 3.63) is 12.8 Å². The smallest absolute Gasteiger partial charge is 0.0980 e. The van der Waals surface area contributed by atoms with Crippen LogP contribution in [0.1, 0.15) is 25.7 Å². The minimum absolute atomic E-state index is 0.266. The van der Waals surface area contributed by atoms with Crippen molar-refractivity contribution in [1.82, 2.24) is 0 Å². The first-order valence-corrected chi connectivity index (χ1v) is 3.75. The van der Waals surface area contributed by atoms with Crippen LogP contribution in [0.4, 0.5) is 0 Å². The molecule has 0 aromatic rings. The molecule has 0 bridgehead atoms. The van der Waals surface area contributed by atoms with E-state index in [4.69, 9.17) is 4.74 Å². The molecule has 0 aliphatic heterocycles. The van der Waals surface area contributed by atoms with Gasteiger partial charge >= 0.3 is 0 Å². The van der Waals surface area contributed by atoms with Gasteiger partial charge in [-0.25, -0.2) is 5.11 Å². The normalized spacial score (nSPS) is 33.3. The molecule has 0 atom stereocenters. The Labute approximate surface area is 61.5 Å². The molecule has 1 fully saturated rings. The number of hydrogen-bond acceptors (Lipinski definition) is 1. The molecule has 1 aliphatic rings. The van der Waals surface area contributed by atoms with E-state index < -0.39 is 0 Å². The topological polar surface area (TPSA) is 29.1 Å². The predicted octanol–water partition coefficient (Wildman–Crippen LogP) is 1.89. The summed E-state index contributed by atoms with van der Waals surface area (Å²) in [7, 11) is 0. The van der Waals surface area contributed by atoms with Gasteiger partial charge in [-0.15, -0.1) is 0 Å². The van der Waals surface area contributed by atoms with Crippen LogP contribution in [-0.2, 0) is 9.84 Å². The molecule has 1 radical (unpaired) electrons. The number of rotatable bonds is 2. The van der Waals surface area contributed by atoms with Gasteiger partial charge in [0.2, 0.25) is 0 Å².